The van der Waals surface area contributed by atoms with Gasteiger partial charge in [0.15, 0.2) is 6.04 Å². The highest BCUT2D eigenvalue weighted by molar-refractivity contribution is 5.73. The number of carbonyl (C=O) groups is 1. The molecule has 0 heterocycles. The second-order valence-corrected chi connectivity index (χ2v) is 4.57. The number of rotatable bonds is 8. The molecular weight excluding hydrogens is 246 g/mol. The summed E-state index contributed by atoms with van der Waals surface area (Å²) in [6.45, 7) is 4.49. The average Bonchev–Trinajstić information content (AvgIpc) is 2.37. The van der Waals surface area contributed by atoms with E-state index in [0.29, 0.717) is 19.4 Å². The van der Waals surface area contributed by atoms with Crippen molar-refractivity contribution in [3.8, 4) is 5.75 Å². The molecule has 0 aliphatic rings. The van der Waals surface area contributed by atoms with E-state index in [4.69, 9.17) is 9.84 Å². The van der Waals surface area contributed by atoms with Crippen LogP contribution in [-0.4, -0.2) is 23.7 Å². The van der Waals surface area contributed by atoms with E-state index >= 15 is 0 Å². The molecule has 1 aromatic rings. The van der Waals surface area contributed by atoms with Crippen LogP contribution in [0.5, 0.6) is 5.75 Å². The Morgan fingerprint density at radius 2 is 2.11 bits per heavy atom. The van der Waals surface area contributed by atoms with Gasteiger partial charge in [-0.05, 0) is 50.3 Å². The van der Waals surface area contributed by atoms with Crippen LogP contribution in [0.15, 0.2) is 23.4 Å². The number of unbranched alkanes of at least 4 members (excludes halogenated alkanes) is 1. The first-order chi connectivity index (χ1) is 9.04. The zero-order valence-electron chi connectivity index (χ0n) is 11.3. The van der Waals surface area contributed by atoms with E-state index in [1.165, 1.54) is 0 Å². The number of nitrogens with zero attached hydrogens (tertiary/aromatic N) is 1. The minimum absolute atomic E-state index is 0.259. The van der Waals surface area contributed by atoms with Crippen LogP contribution in [0.2, 0.25) is 0 Å². The Morgan fingerprint density at radius 1 is 1.37 bits per heavy atom. The lowest BCUT2D eigenvalue weighted by atomic mass is 10.1. The fraction of sp³-hybridized carbons (Fsp3) is 0.500. The van der Waals surface area contributed by atoms with Crippen LogP contribution in [0.1, 0.15) is 30.4 Å². The van der Waals surface area contributed by atoms with E-state index < -0.39 is 12.0 Å². The van der Waals surface area contributed by atoms with Crippen molar-refractivity contribution in [1.82, 2.24) is 0 Å². The summed E-state index contributed by atoms with van der Waals surface area (Å²) in [4.78, 5) is 20.8. The van der Waals surface area contributed by atoms with Crippen LogP contribution in [0, 0.1) is 18.8 Å². The Balaban J connectivity index is 2.29. The number of benzene rings is 1. The third kappa shape index (κ3) is 5.07. The number of carboxylic acids is 1. The molecule has 0 spiro atoms. The monoisotopic (exact) mass is 265 g/mol. The number of aryl methyl sites for hydroxylation is 2. The van der Waals surface area contributed by atoms with Gasteiger partial charge in [-0.1, -0.05) is 17.3 Å². The lowest BCUT2D eigenvalue weighted by molar-refractivity contribution is -0.138. The Bertz CT molecular complexity index is 445. The standard InChI is InChI=1S/C14H19NO4/c1-10-6-7-11(2)13(9-10)19-8-4-3-5-12(15-18)14(16)17/h6-7,9,12H,3-5,8H2,1-2H3,(H,16,17). The second kappa shape index (κ2) is 7.51. The topological polar surface area (TPSA) is 76.0 Å². The predicted octanol–water partition coefficient (Wildman–Crippen LogP) is 3.07. The fourth-order valence-electron chi connectivity index (χ4n) is 1.71. The first-order valence-corrected chi connectivity index (χ1v) is 6.30. The molecule has 0 bridgehead atoms. The van der Waals surface area contributed by atoms with E-state index in [1.807, 2.05) is 32.0 Å². The number of hydrogen-bond donors (Lipinski definition) is 1. The van der Waals surface area contributed by atoms with Crippen molar-refractivity contribution >= 4 is 5.97 Å². The summed E-state index contributed by atoms with van der Waals surface area (Å²) < 4.78 is 5.64. The number of ether oxygens (including phenoxy) is 1. The van der Waals surface area contributed by atoms with Gasteiger partial charge in [-0.25, -0.2) is 4.79 Å². The highest BCUT2D eigenvalue weighted by Gasteiger charge is 2.16. The highest BCUT2D eigenvalue weighted by atomic mass is 16.5. The summed E-state index contributed by atoms with van der Waals surface area (Å²) in [5.74, 6) is -0.311. The summed E-state index contributed by atoms with van der Waals surface area (Å²) in [5, 5.41) is 11.2. The molecule has 1 atom stereocenters. The Morgan fingerprint density at radius 3 is 2.74 bits per heavy atom. The largest absolute Gasteiger partial charge is 0.493 e. The quantitative estimate of drug-likeness (QED) is 0.579. The molecule has 19 heavy (non-hydrogen) atoms. The van der Waals surface area contributed by atoms with Gasteiger partial charge in [0, 0.05) is 0 Å². The van der Waals surface area contributed by atoms with Crippen molar-refractivity contribution in [1.29, 1.82) is 0 Å². The molecule has 0 fully saturated rings. The summed E-state index contributed by atoms with van der Waals surface area (Å²) in [7, 11) is 0. The molecule has 0 aliphatic carbocycles. The van der Waals surface area contributed by atoms with Crippen LogP contribution in [-0.2, 0) is 4.79 Å². The van der Waals surface area contributed by atoms with Gasteiger partial charge in [-0.3, -0.25) is 0 Å². The highest BCUT2D eigenvalue weighted by Crippen LogP contribution is 2.19. The minimum atomic E-state index is -1.16. The van der Waals surface area contributed by atoms with Gasteiger partial charge >= 0.3 is 5.97 Å². The van der Waals surface area contributed by atoms with Crippen LogP contribution < -0.4 is 4.74 Å². The van der Waals surface area contributed by atoms with Crippen LogP contribution in [0.4, 0.5) is 0 Å². The van der Waals surface area contributed by atoms with Gasteiger partial charge < -0.3 is 9.84 Å². The van der Waals surface area contributed by atoms with Gasteiger partial charge in [0.2, 0.25) is 0 Å². The maximum absolute atomic E-state index is 10.6. The van der Waals surface area contributed by atoms with Gasteiger partial charge in [-0.2, -0.15) is 0 Å². The second-order valence-electron chi connectivity index (χ2n) is 4.57. The number of aliphatic carboxylic acids is 1. The van der Waals surface area contributed by atoms with Crippen molar-refractivity contribution in [3.63, 3.8) is 0 Å². The van der Waals surface area contributed by atoms with E-state index in [9.17, 15) is 9.70 Å². The lowest BCUT2D eigenvalue weighted by Crippen LogP contribution is -2.17. The van der Waals surface area contributed by atoms with Crippen molar-refractivity contribution in [3.05, 3.63) is 34.2 Å². The molecule has 1 rings (SSSR count). The van der Waals surface area contributed by atoms with Crippen LogP contribution in [0.25, 0.3) is 0 Å². The molecule has 0 saturated carbocycles. The molecule has 0 radical (unpaired) electrons. The molecule has 1 unspecified atom stereocenters. The van der Waals surface area contributed by atoms with Gasteiger partial charge in [0.05, 0.1) is 6.61 Å². The van der Waals surface area contributed by atoms with Gasteiger partial charge in [0.1, 0.15) is 5.75 Å². The van der Waals surface area contributed by atoms with E-state index in [-0.39, 0.29) is 6.42 Å². The molecule has 0 aromatic heterocycles. The molecule has 1 N–H and O–H groups in total. The maximum Gasteiger partial charge on any atom is 0.332 e. The van der Waals surface area contributed by atoms with E-state index in [1.54, 1.807) is 0 Å². The van der Waals surface area contributed by atoms with Crippen LogP contribution in [0.3, 0.4) is 0 Å². The Kier molecular flexibility index (Phi) is 5.99. The van der Waals surface area contributed by atoms with Crippen molar-refractivity contribution in [2.75, 3.05) is 6.61 Å². The smallest absolute Gasteiger partial charge is 0.332 e. The lowest BCUT2D eigenvalue weighted by Gasteiger charge is -2.10. The molecule has 0 amide bonds. The molecule has 0 saturated heterocycles. The Hall–Kier alpha value is -1.91. The van der Waals surface area contributed by atoms with Gasteiger partial charge in [0.25, 0.3) is 0 Å². The number of nitroso groups, excluding NO2 is 1. The zero-order chi connectivity index (χ0) is 14.3. The van der Waals surface area contributed by atoms with Crippen LogP contribution >= 0.6 is 0 Å². The van der Waals surface area contributed by atoms with Gasteiger partial charge in [-0.15, -0.1) is 4.91 Å². The third-order valence-electron chi connectivity index (χ3n) is 2.89. The molecule has 0 aliphatic heterocycles. The summed E-state index contributed by atoms with van der Waals surface area (Å²) in [6, 6.07) is 4.86. The first-order valence-electron chi connectivity index (χ1n) is 6.30. The summed E-state index contributed by atoms with van der Waals surface area (Å²) in [5.41, 5.74) is 2.21. The molecule has 1 aromatic carbocycles. The van der Waals surface area contributed by atoms with Crippen molar-refractivity contribution in [2.24, 2.45) is 5.18 Å². The first kappa shape index (κ1) is 15.1. The minimum Gasteiger partial charge on any atom is -0.493 e. The maximum atomic E-state index is 10.6. The molecule has 5 heteroatoms. The third-order valence-corrected chi connectivity index (χ3v) is 2.89. The SMILES string of the molecule is Cc1ccc(C)c(OCCCCC(N=O)C(=O)O)c1. The van der Waals surface area contributed by atoms with E-state index in [2.05, 4.69) is 5.18 Å². The molecule has 104 valence electrons. The fourth-order valence-corrected chi connectivity index (χ4v) is 1.71. The normalized spacial score (nSPS) is 11.9. The molecular formula is C14H19NO4. The van der Waals surface area contributed by atoms with Crippen molar-refractivity contribution in [2.45, 2.75) is 39.2 Å². The zero-order valence-corrected chi connectivity index (χ0v) is 11.3. The number of hydrogen-bond acceptors (Lipinski definition) is 4. The van der Waals surface area contributed by atoms with Crippen molar-refractivity contribution < 1.29 is 14.6 Å². The summed E-state index contributed by atoms with van der Waals surface area (Å²) in [6.07, 6.45) is 1.56. The molecule has 5 nitrogen and oxygen atoms in total. The Labute approximate surface area is 112 Å². The predicted molar refractivity (Wildman–Crippen MR) is 72.5 cm³/mol. The number of carboxylic acid groups (broad SMARTS) is 1. The summed E-state index contributed by atoms with van der Waals surface area (Å²) >= 11 is 0. The van der Waals surface area contributed by atoms with E-state index in [0.717, 1.165) is 16.9 Å². The average molecular weight is 265 g/mol.